The summed E-state index contributed by atoms with van der Waals surface area (Å²) in [7, 11) is 0. The molecule has 0 fully saturated rings. The maximum absolute atomic E-state index is 12.7. The first-order valence-electron chi connectivity index (χ1n) is 6.54. The number of hydrazone groups is 1. The van der Waals surface area contributed by atoms with Crippen LogP contribution in [0.2, 0.25) is 0 Å². The zero-order valence-electron chi connectivity index (χ0n) is 12.0. The van der Waals surface area contributed by atoms with Gasteiger partial charge in [-0.2, -0.15) is 28.3 Å². The van der Waals surface area contributed by atoms with Crippen LogP contribution in [0.5, 0.6) is 5.75 Å². The Balaban J connectivity index is 1.99. The van der Waals surface area contributed by atoms with Crippen molar-refractivity contribution in [1.29, 1.82) is 5.41 Å². The zero-order chi connectivity index (χ0) is 17.6. The number of alkyl halides is 3. The van der Waals surface area contributed by atoms with Gasteiger partial charge in [-0.15, -0.1) is 0 Å². The van der Waals surface area contributed by atoms with E-state index in [2.05, 4.69) is 10.1 Å². The molecule has 2 N–H and O–H groups in total. The number of rotatable bonds is 1. The first kappa shape index (κ1) is 16.2. The van der Waals surface area contributed by atoms with Crippen LogP contribution in [0, 0.1) is 12.3 Å². The van der Waals surface area contributed by atoms with Crippen LogP contribution in [0.25, 0.3) is 6.08 Å². The molecule has 0 aromatic heterocycles. The highest BCUT2D eigenvalue weighted by molar-refractivity contribution is 8.27. The van der Waals surface area contributed by atoms with Crippen molar-refractivity contribution in [3.63, 3.8) is 0 Å². The van der Waals surface area contributed by atoms with Gasteiger partial charge < -0.3 is 5.11 Å². The molecular weight excluding hydrogens is 345 g/mol. The van der Waals surface area contributed by atoms with Crippen molar-refractivity contribution in [3.05, 3.63) is 34.9 Å². The lowest BCUT2D eigenvalue weighted by atomic mass is 10.1. The molecule has 124 valence electrons. The molecule has 2 heterocycles. The van der Waals surface area contributed by atoms with Crippen molar-refractivity contribution in [3.8, 4) is 5.75 Å². The summed E-state index contributed by atoms with van der Waals surface area (Å²) in [4.78, 5) is 15.6. The highest BCUT2D eigenvalue weighted by atomic mass is 32.2. The van der Waals surface area contributed by atoms with Gasteiger partial charge in [-0.3, -0.25) is 10.2 Å². The molecular formula is C14H9F3N4O2S. The average Bonchev–Trinajstić information content (AvgIpc) is 2.91. The van der Waals surface area contributed by atoms with Gasteiger partial charge >= 0.3 is 6.18 Å². The number of nitrogens with zero attached hydrogens (tertiary/aromatic N) is 3. The Morgan fingerprint density at radius 1 is 1.38 bits per heavy atom. The maximum atomic E-state index is 12.7. The Hall–Kier alpha value is -2.62. The van der Waals surface area contributed by atoms with E-state index in [-0.39, 0.29) is 28.3 Å². The van der Waals surface area contributed by atoms with E-state index in [0.29, 0.717) is 16.1 Å². The van der Waals surface area contributed by atoms with Crippen LogP contribution in [-0.4, -0.2) is 38.2 Å². The highest BCUT2D eigenvalue weighted by Gasteiger charge is 2.46. The Morgan fingerprint density at radius 2 is 2.08 bits per heavy atom. The summed E-state index contributed by atoms with van der Waals surface area (Å²) in [6, 6.07) is 4.50. The molecule has 0 saturated heterocycles. The second-order valence-corrected chi connectivity index (χ2v) is 5.92. The quantitative estimate of drug-likeness (QED) is 0.759. The molecule has 6 nitrogen and oxygen atoms in total. The molecule has 0 atom stereocenters. The molecule has 0 bridgehead atoms. The normalized spacial score (nSPS) is 19.5. The fourth-order valence-corrected chi connectivity index (χ4v) is 2.80. The Kier molecular flexibility index (Phi) is 3.71. The van der Waals surface area contributed by atoms with Gasteiger partial charge in [-0.25, -0.2) is 0 Å². The Morgan fingerprint density at radius 3 is 2.71 bits per heavy atom. The SMILES string of the molecule is Cc1cc(C=C2C(=N)N3N=C(C(F)(F)F)SC3=NC2=O)ccc1O. The summed E-state index contributed by atoms with van der Waals surface area (Å²) >= 11 is 0.201. The van der Waals surface area contributed by atoms with E-state index >= 15 is 0 Å². The number of nitrogens with one attached hydrogen (secondary N) is 1. The van der Waals surface area contributed by atoms with E-state index in [1.807, 2.05) is 0 Å². The van der Waals surface area contributed by atoms with Crippen molar-refractivity contribution in [2.24, 2.45) is 10.1 Å². The Labute approximate surface area is 137 Å². The molecule has 0 aliphatic carbocycles. The number of hydrogen-bond acceptors (Lipinski definition) is 5. The molecule has 3 rings (SSSR count). The van der Waals surface area contributed by atoms with Crippen LogP contribution >= 0.6 is 11.8 Å². The number of aryl methyl sites for hydroxylation is 1. The minimum atomic E-state index is -4.67. The van der Waals surface area contributed by atoms with Crippen molar-refractivity contribution in [1.82, 2.24) is 5.01 Å². The zero-order valence-corrected chi connectivity index (χ0v) is 12.9. The van der Waals surface area contributed by atoms with Crippen LogP contribution in [0.1, 0.15) is 11.1 Å². The standard InChI is InChI=1S/C14H9F3N4O2S/c1-6-4-7(2-3-9(6)22)5-8-10(18)21-13(19-11(8)23)24-12(20-21)14(15,16)17/h2-5,18,22H,1H3. The number of halogens is 3. The predicted octanol–water partition coefficient (Wildman–Crippen LogP) is 2.88. The van der Waals surface area contributed by atoms with Crippen molar-refractivity contribution in [2.45, 2.75) is 13.1 Å². The smallest absolute Gasteiger partial charge is 0.441 e. The number of aliphatic imine (C=N–C) groups is 1. The number of aromatic hydroxyl groups is 1. The monoisotopic (exact) mass is 354 g/mol. The maximum Gasteiger partial charge on any atom is 0.441 e. The molecule has 2 aliphatic rings. The number of phenolic OH excluding ortho intramolecular Hbond substituents is 1. The molecule has 10 heteroatoms. The number of phenols is 1. The van der Waals surface area contributed by atoms with Gasteiger partial charge in [-0.05, 0) is 48.0 Å². The molecule has 0 saturated carbocycles. The van der Waals surface area contributed by atoms with Crippen molar-refractivity contribution >= 4 is 39.8 Å². The third-order valence-electron chi connectivity index (χ3n) is 3.23. The fourth-order valence-electron chi connectivity index (χ4n) is 2.04. The van der Waals surface area contributed by atoms with Gasteiger partial charge in [0.1, 0.15) is 5.75 Å². The molecule has 1 aromatic rings. The summed E-state index contributed by atoms with van der Waals surface area (Å²) in [5.74, 6) is -1.23. The molecule has 1 aromatic carbocycles. The van der Waals surface area contributed by atoms with Crippen molar-refractivity contribution in [2.75, 3.05) is 0 Å². The lowest BCUT2D eigenvalue weighted by molar-refractivity contribution is -0.114. The first-order valence-corrected chi connectivity index (χ1v) is 7.35. The van der Waals surface area contributed by atoms with Gasteiger partial charge in [0.05, 0.1) is 5.57 Å². The van der Waals surface area contributed by atoms with E-state index < -0.39 is 23.0 Å². The van der Waals surface area contributed by atoms with Gasteiger partial charge in [0, 0.05) is 0 Å². The number of thioether (sulfide) groups is 1. The van der Waals surface area contributed by atoms with E-state index in [1.54, 1.807) is 13.0 Å². The molecule has 0 radical (unpaired) electrons. The number of carbonyl (C=O) groups is 1. The highest BCUT2D eigenvalue weighted by Crippen LogP contribution is 2.35. The van der Waals surface area contributed by atoms with Gasteiger partial charge in [0.15, 0.2) is 5.84 Å². The lowest BCUT2D eigenvalue weighted by Crippen LogP contribution is -2.35. The molecule has 0 unspecified atom stereocenters. The van der Waals surface area contributed by atoms with E-state index in [0.717, 1.165) is 0 Å². The van der Waals surface area contributed by atoms with E-state index in [9.17, 15) is 23.1 Å². The molecule has 1 amide bonds. The number of amides is 1. The van der Waals surface area contributed by atoms with Crippen LogP contribution in [0.4, 0.5) is 13.2 Å². The summed E-state index contributed by atoms with van der Waals surface area (Å²) in [5, 5.41) is 20.0. The molecule has 24 heavy (non-hydrogen) atoms. The van der Waals surface area contributed by atoms with Crippen LogP contribution in [0.3, 0.4) is 0 Å². The van der Waals surface area contributed by atoms with E-state index in [1.165, 1.54) is 18.2 Å². The third kappa shape index (κ3) is 2.80. The summed E-state index contributed by atoms with van der Waals surface area (Å²) < 4.78 is 38.2. The summed E-state index contributed by atoms with van der Waals surface area (Å²) in [5.41, 5.74) is 0.873. The minimum absolute atomic E-state index is 0.0675. The predicted molar refractivity (Wildman–Crippen MR) is 83.9 cm³/mol. The number of fused-ring (bicyclic) bond motifs is 1. The summed E-state index contributed by atoms with van der Waals surface area (Å²) in [6.07, 6.45) is -3.35. The second-order valence-electron chi connectivity index (χ2n) is 4.97. The number of benzene rings is 1. The second kappa shape index (κ2) is 5.48. The fraction of sp³-hybridized carbons (Fsp3) is 0.143. The molecule has 0 spiro atoms. The van der Waals surface area contributed by atoms with Crippen LogP contribution < -0.4 is 0 Å². The van der Waals surface area contributed by atoms with Gasteiger partial charge in [-0.1, -0.05) is 6.07 Å². The number of carbonyl (C=O) groups excluding carboxylic acids is 1. The topological polar surface area (TPSA) is 89.1 Å². The van der Waals surface area contributed by atoms with Crippen LogP contribution in [-0.2, 0) is 4.79 Å². The largest absolute Gasteiger partial charge is 0.508 e. The van der Waals surface area contributed by atoms with Crippen molar-refractivity contribution < 1.29 is 23.1 Å². The third-order valence-corrected chi connectivity index (χ3v) is 4.18. The van der Waals surface area contributed by atoms with Crippen LogP contribution in [0.15, 0.2) is 33.9 Å². The first-order chi connectivity index (χ1) is 11.2. The average molecular weight is 354 g/mol. The van der Waals surface area contributed by atoms with E-state index in [4.69, 9.17) is 5.41 Å². The van der Waals surface area contributed by atoms with Gasteiger partial charge in [0.25, 0.3) is 5.91 Å². The Bertz CT molecular complexity index is 858. The molecule has 2 aliphatic heterocycles. The summed E-state index contributed by atoms with van der Waals surface area (Å²) in [6.45, 7) is 1.65. The number of amidine groups is 2. The van der Waals surface area contributed by atoms with Gasteiger partial charge in [0.2, 0.25) is 10.2 Å². The minimum Gasteiger partial charge on any atom is -0.508 e. The number of hydrogen-bond donors (Lipinski definition) is 2. The lowest BCUT2D eigenvalue weighted by Gasteiger charge is -2.20.